The monoisotopic (exact) mass is 664 g/mol. The van der Waals surface area contributed by atoms with Gasteiger partial charge in [0.1, 0.15) is 12.1 Å². The van der Waals surface area contributed by atoms with E-state index < -0.39 is 85.0 Å². The second-order valence-corrected chi connectivity index (χ2v) is 11.6. The standard InChI is InChI=1S/C28H48N4O14/c33-17-1-2-18(34)6-10-32(16-24(38)30-22(28(45)46)14-26(41)42)12-8-20(36)4-3-19(35)7-11-31(9-5-17)15-23(37)29-21(27(43)44)13-25(39)40/h17-22,33-36H,1-16H2,(H,29,37)(H,30,38)(H,39,40)(H,41,42)(H,43,44)(H,45,46). The maximum Gasteiger partial charge on any atom is 0.326 e. The molecule has 1 aliphatic heterocycles. The third-order valence-electron chi connectivity index (χ3n) is 7.54. The second kappa shape index (κ2) is 21.4. The molecule has 10 N–H and O–H groups in total. The molecule has 0 aromatic carbocycles. The summed E-state index contributed by atoms with van der Waals surface area (Å²) in [5.41, 5.74) is 0. The molecule has 264 valence electrons. The van der Waals surface area contributed by atoms with Crippen LogP contribution in [0, 0.1) is 0 Å². The number of aliphatic hydroxyl groups excluding tert-OH is 4. The Hall–Kier alpha value is -3.42. The van der Waals surface area contributed by atoms with Crippen molar-refractivity contribution in [1.82, 2.24) is 20.4 Å². The first kappa shape index (κ1) is 40.6. The molecule has 18 heteroatoms. The zero-order valence-electron chi connectivity index (χ0n) is 25.7. The number of nitrogens with zero attached hydrogens (tertiary/aromatic N) is 2. The summed E-state index contributed by atoms with van der Waals surface area (Å²) in [7, 11) is 0. The van der Waals surface area contributed by atoms with E-state index in [1.165, 1.54) is 0 Å². The first-order chi connectivity index (χ1) is 21.5. The van der Waals surface area contributed by atoms with Crippen LogP contribution in [0.15, 0.2) is 0 Å². The van der Waals surface area contributed by atoms with Crippen LogP contribution in [0.25, 0.3) is 0 Å². The number of carboxylic acids is 4. The highest BCUT2D eigenvalue weighted by Crippen LogP contribution is 2.14. The average Bonchev–Trinajstić information content (AvgIpc) is 2.95. The third-order valence-corrected chi connectivity index (χ3v) is 7.54. The third kappa shape index (κ3) is 18.5. The molecule has 0 bridgehead atoms. The summed E-state index contributed by atoms with van der Waals surface area (Å²) in [6, 6.07) is -3.26. The highest BCUT2D eigenvalue weighted by molar-refractivity contribution is 5.88. The van der Waals surface area contributed by atoms with E-state index in [-0.39, 0.29) is 90.6 Å². The van der Waals surface area contributed by atoms with Gasteiger partial charge in [-0.15, -0.1) is 0 Å². The van der Waals surface area contributed by atoms with Crippen LogP contribution in [0.5, 0.6) is 0 Å². The Kier molecular flexibility index (Phi) is 18.9. The molecule has 2 amide bonds. The molecule has 0 spiro atoms. The Morgan fingerprint density at radius 1 is 0.500 bits per heavy atom. The van der Waals surface area contributed by atoms with E-state index in [4.69, 9.17) is 10.2 Å². The SMILES string of the molecule is O=C(O)CC(NC(=O)CN1CCC(O)CCC(O)CCN(CC(=O)NC(CC(=O)O)C(=O)O)CCC(O)CCC(O)CC1)C(=O)O. The number of amides is 2. The topological polar surface area (TPSA) is 295 Å². The van der Waals surface area contributed by atoms with Gasteiger partial charge in [0.25, 0.3) is 0 Å². The first-order valence-electron chi connectivity index (χ1n) is 15.2. The molecule has 1 aliphatic rings. The van der Waals surface area contributed by atoms with Crippen molar-refractivity contribution in [2.24, 2.45) is 0 Å². The van der Waals surface area contributed by atoms with Gasteiger partial charge in [-0.05, 0) is 51.4 Å². The summed E-state index contributed by atoms with van der Waals surface area (Å²) in [5.74, 6) is -7.31. The molecular formula is C28H48N4O14. The zero-order valence-corrected chi connectivity index (χ0v) is 25.7. The smallest absolute Gasteiger partial charge is 0.326 e. The number of aliphatic hydroxyl groups is 4. The van der Waals surface area contributed by atoms with Crippen molar-refractivity contribution >= 4 is 35.7 Å². The summed E-state index contributed by atoms with van der Waals surface area (Å²) in [5, 5.41) is 82.6. The molecule has 0 aromatic rings. The number of hydrogen-bond donors (Lipinski definition) is 10. The van der Waals surface area contributed by atoms with Crippen LogP contribution < -0.4 is 10.6 Å². The molecule has 1 rings (SSSR count). The molecule has 6 unspecified atom stereocenters. The largest absolute Gasteiger partial charge is 0.481 e. The maximum absolute atomic E-state index is 12.5. The van der Waals surface area contributed by atoms with E-state index in [2.05, 4.69) is 10.6 Å². The minimum atomic E-state index is -1.63. The summed E-state index contributed by atoms with van der Waals surface area (Å²) in [6.45, 7) is 0.0250. The molecule has 46 heavy (non-hydrogen) atoms. The van der Waals surface area contributed by atoms with Crippen molar-refractivity contribution in [2.45, 2.75) is 101 Å². The molecular weight excluding hydrogens is 616 g/mol. The van der Waals surface area contributed by atoms with Crippen molar-refractivity contribution in [3.63, 3.8) is 0 Å². The van der Waals surface area contributed by atoms with Crippen LogP contribution in [0.2, 0.25) is 0 Å². The van der Waals surface area contributed by atoms with E-state index in [0.29, 0.717) is 0 Å². The second-order valence-electron chi connectivity index (χ2n) is 11.6. The van der Waals surface area contributed by atoms with Gasteiger partial charge >= 0.3 is 23.9 Å². The first-order valence-corrected chi connectivity index (χ1v) is 15.2. The van der Waals surface area contributed by atoms with Crippen LogP contribution in [-0.2, 0) is 28.8 Å². The predicted molar refractivity (Wildman–Crippen MR) is 157 cm³/mol. The van der Waals surface area contributed by atoms with Crippen LogP contribution >= 0.6 is 0 Å². The van der Waals surface area contributed by atoms with Gasteiger partial charge in [-0.3, -0.25) is 29.0 Å². The van der Waals surface area contributed by atoms with Crippen LogP contribution in [0.1, 0.15) is 64.2 Å². The van der Waals surface area contributed by atoms with Gasteiger partial charge in [0.15, 0.2) is 0 Å². The van der Waals surface area contributed by atoms with E-state index in [1.807, 2.05) is 0 Å². The molecule has 1 saturated heterocycles. The van der Waals surface area contributed by atoms with Gasteiger partial charge < -0.3 is 51.5 Å². The number of carbonyl (C=O) groups is 6. The van der Waals surface area contributed by atoms with Gasteiger partial charge in [-0.2, -0.15) is 0 Å². The van der Waals surface area contributed by atoms with Crippen molar-refractivity contribution in [3.05, 3.63) is 0 Å². The van der Waals surface area contributed by atoms with E-state index in [0.717, 1.165) is 0 Å². The lowest BCUT2D eigenvalue weighted by atomic mass is 10.0. The van der Waals surface area contributed by atoms with Crippen molar-refractivity contribution in [2.75, 3.05) is 39.3 Å². The van der Waals surface area contributed by atoms with Crippen LogP contribution in [0.3, 0.4) is 0 Å². The Morgan fingerprint density at radius 2 is 0.761 bits per heavy atom. The average molecular weight is 665 g/mol. The fourth-order valence-electron chi connectivity index (χ4n) is 4.85. The van der Waals surface area contributed by atoms with Gasteiger partial charge in [0, 0.05) is 26.2 Å². The Morgan fingerprint density at radius 3 is 0.978 bits per heavy atom. The van der Waals surface area contributed by atoms with E-state index in [9.17, 15) is 59.4 Å². The maximum atomic E-state index is 12.5. The summed E-state index contributed by atoms with van der Waals surface area (Å²) < 4.78 is 0. The Balaban J connectivity index is 2.88. The van der Waals surface area contributed by atoms with Gasteiger partial charge in [0.2, 0.25) is 11.8 Å². The van der Waals surface area contributed by atoms with Crippen molar-refractivity contribution < 1.29 is 69.6 Å². The number of nitrogens with one attached hydrogen (secondary N) is 2. The normalized spacial score (nSPS) is 24.8. The molecule has 0 aromatic heterocycles. The lowest BCUT2D eigenvalue weighted by Gasteiger charge is -2.27. The molecule has 18 nitrogen and oxygen atoms in total. The zero-order chi connectivity index (χ0) is 34.8. The molecule has 6 atom stereocenters. The minimum Gasteiger partial charge on any atom is -0.481 e. The van der Waals surface area contributed by atoms with E-state index in [1.54, 1.807) is 9.80 Å². The minimum absolute atomic E-state index is 0.165. The number of aliphatic carboxylic acids is 4. The number of carboxylic acid groups (broad SMARTS) is 4. The number of rotatable bonds is 12. The molecule has 1 fully saturated rings. The summed E-state index contributed by atoms with van der Waals surface area (Å²) >= 11 is 0. The quantitative estimate of drug-likeness (QED) is 0.101. The van der Waals surface area contributed by atoms with Gasteiger partial charge in [-0.1, -0.05) is 0 Å². The van der Waals surface area contributed by atoms with Crippen molar-refractivity contribution in [3.8, 4) is 0 Å². The molecule has 0 radical (unpaired) electrons. The summed E-state index contributed by atoms with van der Waals surface area (Å²) in [4.78, 5) is 72.7. The predicted octanol–water partition coefficient (Wildman–Crippen LogP) is -2.74. The highest BCUT2D eigenvalue weighted by atomic mass is 16.4. The lowest BCUT2D eigenvalue weighted by Crippen LogP contribution is -2.47. The summed E-state index contributed by atoms with van der Waals surface area (Å²) in [6.07, 6.45) is -3.79. The lowest BCUT2D eigenvalue weighted by molar-refractivity contribution is -0.147. The molecule has 1 heterocycles. The Bertz CT molecular complexity index is 909. The van der Waals surface area contributed by atoms with E-state index >= 15 is 0 Å². The van der Waals surface area contributed by atoms with Gasteiger partial charge in [0.05, 0.1) is 50.3 Å². The van der Waals surface area contributed by atoms with Crippen molar-refractivity contribution in [1.29, 1.82) is 0 Å². The van der Waals surface area contributed by atoms with Crippen LogP contribution in [-0.4, -0.2) is 162 Å². The molecule has 0 saturated carbocycles. The van der Waals surface area contributed by atoms with Gasteiger partial charge in [-0.25, -0.2) is 9.59 Å². The Labute approximate surface area is 266 Å². The molecule has 0 aliphatic carbocycles. The van der Waals surface area contributed by atoms with Crippen LogP contribution in [0.4, 0.5) is 0 Å². The fourth-order valence-corrected chi connectivity index (χ4v) is 4.85. The number of carbonyl (C=O) groups excluding carboxylic acids is 2. The number of hydrogen-bond acceptors (Lipinski definition) is 12. The fraction of sp³-hybridized carbons (Fsp3) is 0.786. The highest BCUT2D eigenvalue weighted by Gasteiger charge is 2.26.